The predicted molar refractivity (Wildman–Crippen MR) is 97.2 cm³/mol. The number of aliphatic hydroxyl groups is 1. The predicted octanol–water partition coefficient (Wildman–Crippen LogP) is 2.94. The maximum Gasteiger partial charge on any atom is 0.225 e. The molecule has 1 saturated heterocycles. The Morgan fingerprint density at radius 1 is 1.08 bits per heavy atom. The van der Waals surface area contributed by atoms with Gasteiger partial charge in [0, 0.05) is 30.7 Å². The minimum Gasteiger partial charge on any atom is -0.383 e. The van der Waals surface area contributed by atoms with Gasteiger partial charge in [-0.3, -0.25) is 4.98 Å². The van der Waals surface area contributed by atoms with Crippen molar-refractivity contribution in [1.29, 1.82) is 0 Å². The molecule has 0 radical (unpaired) electrons. The monoisotopic (exact) mass is 332 g/mol. The van der Waals surface area contributed by atoms with Crippen LogP contribution >= 0.6 is 0 Å². The molecule has 1 aliphatic heterocycles. The first-order valence-electron chi connectivity index (χ1n) is 8.43. The van der Waals surface area contributed by atoms with Crippen LogP contribution in [0.5, 0.6) is 0 Å². The Kier molecular flexibility index (Phi) is 3.93. The quantitative estimate of drug-likeness (QED) is 0.799. The van der Waals surface area contributed by atoms with Gasteiger partial charge in [-0.15, -0.1) is 0 Å². The van der Waals surface area contributed by atoms with E-state index < -0.39 is 5.60 Å². The van der Waals surface area contributed by atoms with Crippen molar-refractivity contribution < 1.29 is 5.11 Å². The van der Waals surface area contributed by atoms with Gasteiger partial charge in [0.05, 0.1) is 12.2 Å². The maximum absolute atomic E-state index is 11.2. The summed E-state index contributed by atoms with van der Waals surface area (Å²) in [5.74, 6) is 0.644. The van der Waals surface area contributed by atoms with E-state index in [0.717, 1.165) is 28.9 Å². The van der Waals surface area contributed by atoms with Crippen LogP contribution in [0.25, 0.3) is 11.3 Å². The van der Waals surface area contributed by atoms with Crippen LogP contribution in [-0.2, 0) is 5.60 Å². The van der Waals surface area contributed by atoms with E-state index in [-0.39, 0.29) is 0 Å². The number of aromatic nitrogens is 3. The summed E-state index contributed by atoms with van der Waals surface area (Å²) in [6, 6.07) is 13.8. The van der Waals surface area contributed by atoms with Gasteiger partial charge in [-0.2, -0.15) is 0 Å². The fraction of sp³-hybridized carbons (Fsp3) is 0.250. The van der Waals surface area contributed by atoms with Crippen molar-refractivity contribution in [2.75, 3.05) is 18.0 Å². The molecule has 0 aliphatic carbocycles. The Morgan fingerprint density at radius 3 is 2.76 bits per heavy atom. The Balaban J connectivity index is 1.61. The van der Waals surface area contributed by atoms with Crippen LogP contribution in [0.4, 0.5) is 5.95 Å². The van der Waals surface area contributed by atoms with Crippen LogP contribution < -0.4 is 4.90 Å². The van der Waals surface area contributed by atoms with E-state index >= 15 is 0 Å². The van der Waals surface area contributed by atoms with Crippen molar-refractivity contribution >= 4 is 5.95 Å². The number of hydrogen-bond acceptors (Lipinski definition) is 5. The highest BCUT2D eigenvalue weighted by molar-refractivity contribution is 5.59. The first-order chi connectivity index (χ1) is 12.2. The van der Waals surface area contributed by atoms with E-state index in [1.165, 1.54) is 0 Å². The van der Waals surface area contributed by atoms with Crippen molar-refractivity contribution in [2.45, 2.75) is 18.9 Å². The summed E-state index contributed by atoms with van der Waals surface area (Å²) < 4.78 is 0. The van der Waals surface area contributed by atoms with E-state index in [1.54, 1.807) is 18.6 Å². The zero-order valence-electron chi connectivity index (χ0n) is 14.1. The zero-order valence-corrected chi connectivity index (χ0v) is 14.1. The van der Waals surface area contributed by atoms with Crippen LogP contribution in [0.3, 0.4) is 0 Å². The number of benzene rings is 1. The van der Waals surface area contributed by atoms with Crippen molar-refractivity contribution in [3.8, 4) is 11.3 Å². The summed E-state index contributed by atoms with van der Waals surface area (Å²) in [4.78, 5) is 15.3. The third kappa shape index (κ3) is 2.98. The van der Waals surface area contributed by atoms with E-state index in [0.29, 0.717) is 18.9 Å². The summed E-state index contributed by atoms with van der Waals surface area (Å²) in [6.45, 7) is 3.26. The third-order valence-corrected chi connectivity index (χ3v) is 4.78. The molecule has 0 bridgehead atoms. The number of β-amino-alcohol motifs (C(OH)–C–C–N with tert-alkyl or cyclic N) is 1. The molecule has 126 valence electrons. The van der Waals surface area contributed by atoms with E-state index in [9.17, 15) is 5.11 Å². The van der Waals surface area contributed by atoms with Gasteiger partial charge in [-0.25, -0.2) is 9.97 Å². The highest BCUT2D eigenvalue weighted by atomic mass is 16.3. The molecular weight excluding hydrogens is 312 g/mol. The van der Waals surface area contributed by atoms with Gasteiger partial charge in [0.1, 0.15) is 5.60 Å². The standard InChI is InChI=1S/C20H20N4O/c1-15-5-2-3-7-17(15)20(25)9-12-24(14-20)19-22-11-8-18(23-19)16-6-4-10-21-13-16/h2-8,10-11,13,25H,9,12,14H2,1H3/t20-/m1/s1. The average molecular weight is 332 g/mol. The Morgan fingerprint density at radius 2 is 1.96 bits per heavy atom. The minimum absolute atomic E-state index is 0.494. The average Bonchev–Trinajstić information content (AvgIpc) is 3.06. The molecule has 1 aliphatic rings. The van der Waals surface area contributed by atoms with Crippen molar-refractivity contribution in [2.24, 2.45) is 0 Å². The molecule has 0 saturated carbocycles. The molecule has 1 aromatic carbocycles. The summed E-state index contributed by atoms with van der Waals surface area (Å²) in [7, 11) is 0. The number of anilines is 1. The van der Waals surface area contributed by atoms with E-state index in [1.807, 2.05) is 54.3 Å². The lowest BCUT2D eigenvalue weighted by Gasteiger charge is -2.25. The Labute approximate surface area is 147 Å². The molecule has 1 fully saturated rings. The second-order valence-electron chi connectivity index (χ2n) is 6.50. The van der Waals surface area contributed by atoms with Gasteiger partial charge >= 0.3 is 0 Å². The van der Waals surface area contributed by atoms with Crippen molar-refractivity contribution in [1.82, 2.24) is 15.0 Å². The second-order valence-corrected chi connectivity index (χ2v) is 6.50. The molecule has 5 nitrogen and oxygen atoms in total. The topological polar surface area (TPSA) is 62.1 Å². The van der Waals surface area contributed by atoms with Gasteiger partial charge in [0.15, 0.2) is 0 Å². The summed E-state index contributed by atoms with van der Waals surface area (Å²) in [6.07, 6.45) is 5.96. The number of rotatable bonds is 3. The van der Waals surface area contributed by atoms with E-state index in [4.69, 9.17) is 0 Å². The lowest BCUT2D eigenvalue weighted by molar-refractivity contribution is 0.0599. The highest BCUT2D eigenvalue weighted by Gasteiger charge is 2.39. The largest absolute Gasteiger partial charge is 0.383 e. The highest BCUT2D eigenvalue weighted by Crippen LogP contribution is 2.35. The summed E-state index contributed by atoms with van der Waals surface area (Å²) >= 11 is 0. The van der Waals surface area contributed by atoms with Gasteiger partial charge in [-0.05, 0) is 42.7 Å². The second kappa shape index (κ2) is 6.26. The third-order valence-electron chi connectivity index (χ3n) is 4.78. The normalized spacial score (nSPS) is 20.0. The molecular formula is C20H20N4O. The van der Waals surface area contributed by atoms with E-state index in [2.05, 4.69) is 15.0 Å². The fourth-order valence-corrected chi connectivity index (χ4v) is 3.46. The van der Waals surface area contributed by atoms with Crippen molar-refractivity contribution in [3.05, 3.63) is 72.2 Å². The maximum atomic E-state index is 11.2. The van der Waals surface area contributed by atoms with Crippen LogP contribution in [0.15, 0.2) is 61.1 Å². The minimum atomic E-state index is -0.862. The van der Waals surface area contributed by atoms with Crippen LogP contribution in [0.1, 0.15) is 17.5 Å². The summed E-state index contributed by atoms with van der Waals surface area (Å²) in [5, 5.41) is 11.2. The number of nitrogens with zero attached hydrogens (tertiary/aromatic N) is 4. The lowest BCUT2D eigenvalue weighted by Crippen LogP contribution is -2.32. The number of hydrogen-bond donors (Lipinski definition) is 1. The smallest absolute Gasteiger partial charge is 0.225 e. The van der Waals surface area contributed by atoms with Crippen molar-refractivity contribution in [3.63, 3.8) is 0 Å². The van der Waals surface area contributed by atoms with Crippen LogP contribution in [0, 0.1) is 6.92 Å². The van der Waals surface area contributed by atoms with Crippen LogP contribution in [-0.4, -0.2) is 33.1 Å². The zero-order chi connectivity index (χ0) is 17.3. The molecule has 3 aromatic rings. The molecule has 1 atom stereocenters. The molecule has 1 N–H and O–H groups in total. The van der Waals surface area contributed by atoms with Gasteiger partial charge in [-0.1, -0.05) is 24.3 Å². The fourth-order valence-electron chi connectivity index (χ4n) is 3.46. The van der Waals surface area contributed by atoms with Gasteiger partial charge < -0.3 is 10.0 Å². The Hall–Kier alpha value is -2.79. The SMILES string of the molecule is Cc1ccccc1[C@@]1(O)CCN(c2nccc(-c3cccnc3)n2)C1. The molecule has 0 spiro atoms. The van der Waals surface area contributed by atoms with Crippen LogP contribution in [0.2, 0.25) is 0 Å². The Bertz CT molecular complexity index is 884. The molecule has 25 heavy (non-hydrogen) atoms. The number of aryl methyl sites for hydroxylation is 1. The summed E-state index contributed by atoms with van der Waals surface area (Å²) in [5.41, 5.74) is 3.03. The molecule has 0 unspecified atom stereocenters. The molecule has 3 heterocycles. The lowest BCUT2D eigenvalue weighted by atomic mass is 9.89. The van der Waals surface area contributed by atoms with Gasteiger partial charge in [0.2, 0.25) is 5.95 Å². The number of pyridine rings is 1. The molecule has 2 aromatic heterocycles. The molecule has 0 amide bonds. The first kappa shape index (κ1) is 15.7. The molecule has 5 heteroatoms. The first-order valence-corrected chi connectivity index (χ1v) is 8.43. The van der Waals surface area contributed by atoms with Gasteiger partial charge in [0.25, 0.3) is 0 Å². The molecule has 4 rings (SSSR count).